The van der Waals surface area contributed by atoms with Crippen molar-refractivity contribution in [1.82, 2.24) is 8.87 Å². The van der Waals surface area contributed by atoms with Gasteiger partial charge >= 0.3 is 0 Å². The molecule has 3 heterocycles. The predicted molar refractivity (Wildman–Crippen MR) is 108 cm³/mol. The molecule has 1 amide bonds. The summed E-state index contributed by atoms with van der Waals surface area (Å²) in [6.45, 7) is 1.35. The molecule has 1 saturated carbocycles. The lowest BCUT2D eigenvalue weighted by molar-refractivity contribution is -0.117. The van der Waals surface area contributed by atoms with Gasteiger partial charge < -0.3 is 9.88 Å². The van der Waals surface area contributed by atoms with Crippen LogP contribution in [0, 0.1) is 11.8 Å². The molecule has 5 rings (SSSR count). The van der Waals surface area contributed by atoms with Gasteiger partial charge in [-0.25, -0.2) is 8.42 Å². The highest BCUT2D eigenvalue weighted by molar-refractivity contribution is 7.89. The van der Waals surface area contributed by atoms with Crippen LogP contribution in [0.1, 0.15) is 30.9 Å². The number of sulfonamides is 1. The molecule has 2 fully saturated rings. The first-order valence-electron chi connectivity index (χ1n) is 10.0. The molecule has 2 aromatic rings. The zero-order valence-corrected chi connectivity index (χ0v) is 16.8. The zero-order chi connectivity index (χ0) is 20.2. The molecule has 0 radical (unpaired) electrons. The molecule has 3 aliphatic rings. The highest BCUT2D eigenvalue weighted by Gasteiger charge is 2.39. The van der Waals surface area contributed by atoms with E-state index in [0.29, 0.717) is 25.3 Å². The Morgan fingerprint density at radius 3 is 2.48 bits per heavy atom. The number of piperidine rings is 1. The van der Waals surface area contributed by atoms with Crippen molar-refractivity contribution in [3.05, 3.63) is 58.5 Å². The highest BCUT2D eigenvalue weighted by atomic mass is 32.2. The largest absolute Gasteiger partial charge is 0.326 e. The van der Waals surface area contributed by atoms with Crippen molar-refractivity contribution in [3.8, 4) is 0 Å². The van der Waals surface area contributed by atoms with E-state index in [1.807, 2.05) is 6.07 Å². The number of amides is 1. The molecule has 1 aromatic heterocycles. The third-order valence-corrected chi connectivity index (χ3v) is 8.00. The van der Waals surface area contributed by atoms with Gasteiger partial charge in [0, 0.05) is 48.9 Å². The van der Waals surface area contributed by atoms with Gasteiger partial charge in [0.15, 0.2) is 0 Å². The van der Waals surface area contributed by atoms with Gasteiger partial charge in [-0.2, -0.15) is 4.31 Å². The van der Waals surface area contributed by atoms with E-state index >= 15 is 0 Å². The van der Waals surface area contributed by atoms with Crippen LogP contribution in [0.25, 0.3) is 0 Å². The van der Waals surface area contributed by atoms with Crippen molar-refractivity contribution < 1.29 is 13.2 Å². The lowest BCUT2D eigenvalue weighted by Crippen LogP contribution is -2.48. The Bertz CT molecular complexity index is 1120. The Morgan fingerprint density at radius 2 is 1.76 bits per heavy atom. The topological polar surface area (TPSA) is 88.5 Å². The van der Waals surface area contributed by atoms with E-state index < -0.39 is 10.0 Å². The molecular weight excluding hydrogens is 390 g/mol. The number of nitrogens with zero attached hydrogens (tertiary/aromatic N) is 2. The summed E-state index contributed by atoms with van der Waals surface area (Å²) in [6, 6.07) is 11.6. The van der Waals surface area contributed by atoms with Gasteiger partial charge in [-0.1, -0.05) is 6.07 Å². The van der Waals surface area contributed by atoms with Crippen LogP contribution < -0.4 is 10.9 Å². The van der Waals surface area contributed by atoms with Gasteiger partial charge in [0.2, 0.25) is 15.9 Å². The molecule has 1 aliphatic carbocycles. The Balaban J connectivity index is 1.36. The minimum absolute atomic E-state index is 0.00151. The number of nitrogens with one attached hydrogen (secondary N) is 1. The number of hydrogen-bond donors (Lipinski definition) is 1. The fourth-order valence-electron chi connectivity index (χ4n) is 4.50. The SMILES string of the molecule is O=C(Nc1ccc(S(=O)(=O)N2C[C@H]3C[C@@H](C2)c2cccc(=O)n2C3)cc1)C1CC1. The molecule has 0 spiro atoms. The molecule has 8 heteroatoms. The van der Waals surface area contributed by atoms with E-state index in [1.165, 1.54) is 0 Å². The standard InChI is InChI=1S/C21H23N3O4S/c25-20-3-1-2-19-16-10-14(12-24(19)20)11-23(13-16)29(27,28)18-8-6-17(7-9-18)22-21(26)15-4-5-15/h1-3,6-9,14-16H,4-5,10-13H2,(H,22,26)/t14-,16+/m1/s1. The van der Waals surface area contributed by atoms with E-state index in [2.05, 4.69) is 5.32 Å². The van der Waals surface area contributed by atoms with Gasteiger partial charge in [-0.05, 0) is 55.5 Å². The van der Waals surface area contributed by atoms with Crippen molar-refractivity contribution in [2.45, 2.75) is 36.6 Å². The molecule has 2 atom stereocenters. The summed E-state index contributed by atoms with van der Waals surface area (Å²) in [5.74, 6) is 0.261. The minimum atomic E-state index is -3.63. The van der Waals surface area contributed by atoms with Crippen LogP contribution in [0.3, 0.4) is 0 Å². The van der Waals surface area contributed by atoms with Gasteiger partial charge in [0.05, 0.1) is 4.90 Å². The molecule has 2 aliphatic heterocycles. The van der Waals surface area contributed by atoms with E-state index in [1.54, 1.807) is 45.3 Å². The van der Waals surface area contributed by atoms with Crippen molar-refractivity contribution in [2.75, 3.05) is 18.4 Å². The van der Waals surface area contributed by atoms with Crippen LogP contribution in [-0.4, -0.2) is 36.3 Å². The maximum absolute atomic E-state index is 13.2. The van der Waals surface area contributed by atoms with Gasteiger partial charge in [-0.3, -0.25) is 9.59 Å². The molecule has 0 unspecified atom stereocenters. The van der Waals surface area contributed by atoms with Crippen molar-refractivity contribution in [3.63, 3.8) is 0 Å². The molecular formula is C21H23N3O4S. The van der Waals surface area contributed by atoms with Crippen molar-refractivity contribution in [2.24, 2.45) is 11.8 Å². The molecule has 2 bridgehead atoms. The highest BCUT2D eigenvalue weighted by Crippen LogP contribution is 2.37. The second kappa shape index (κ2) is 6.81. The van der Waals surface area contributed by atoms with Gasteiger partial charge in [0.25, 0.3) is 5.56 Å². The van der Waals surface area contributed by atoms with Crippen LogP contribution in [0.4, 0.5) is 5.69 Å². The number of hydrogen-bond acceptors (Lipinski definition) is 4. The minimum Gasteiger partial charge on any atom is -0.326 e. The Hall–Kier alpha value is -2.45. The quantitative estimate of drug-likeness (QED) is 0.830. The average molecular weight is 413 g/mol. The molecule has 1 N–H and O–H groups in total. The predicted octanol–water partition coefficient (Wildman–Crippen LogP) is 2.00. The average Bonchev–Trinajstić information content (AvgIpc) is 3.55. The van der Waals surface area contributed by atoms with Crippen LogP contribution in [0.5, 0.6) is 0 Å². The normalized spacial score (nSPS) is 24.0. The third kappa shape index (κ3) is 3.40. The number of fused-ring (bicyclic) bond motifs is 4. The summed E-state index contributed by atoms with van der Waals surface area (Å²) in [5, 5.41) is 2.83. The van der Waals surface area contributed by atoms with Crippen molar-refractivity contribution >= 4 is 21.6 Å². The van der Waals surface area contributed by atoms with Crippen LogP contribution in [-0.2, 0) is 21.4 Å². The number of pyridine rings is 1. The number of rotatable bonds is 4. The summed E-state index contributed by atoms with van der Waals surface area (Å²) >= 11 is 0. The van der Waals surface area contributed by atoms with Crippen LogP contribution in [0.2, 0.25) is 0 Å². The summed E-state index contributed by atoms with van der Waals surface area (Å²) in [6.07, 6.45) is 2.75. The number of benzene rings is 1. The zero-order valence-electron chi connectivity index (χ0n) is 16.0. The monoisotopic (exact) mass is 413 g/mol. The van der Waals surface area contributed by atoms with Crippen molar-refractivity contribution in [1.29, 1.82) is 0 Å². The van der Waals surface area contributed by atoms with Gasteiger partial charge in [0.1, 0.15) is 0 Å². The van der Waals surface area contributed by atoms with Crippen LogP contribution >= 0.6 is 0 Å². The summed E-state index contributed by atoms with van der Waals surface area (Å²) in [4.78, 5) is 24.3. The first-order chi connectivity index (χ1) is 13.9. The number of aromatic nitrogens is 1. The number of carbonyl (C=O) groups excluding carboxylic acids is 1. The lowest BCUT2D eigenvalue weighted by atomic mass is 9.84. The Morgan fingerprint density at radius 1 is 1.00 bits per heavy atom. The lowest BCUT2D eigenvalue weighted by Gasteiger charge is -2.42. The first-order valence-corrected chi connectivity index (χ1v) is 11.5. The Labute approximate surface area is 169 Å². The molecule has 1 aromatic carbocycles. The second-order valence-corrected chi connectivity index (χ2v) is 10.2. The number of carbonyl (C=O) groups is 1. The fourth-order valence-corrected chi connectivity index (χ4v) is 6.06. The molecule has 29 heavy (non-hydrogen) atoms. The Kier molecular flexibility index (Phi) is 4.36. The molecule has 7 nitrogen and oxygen atoms in total. The first kappa shape index (κ1) is 18.6. The summed E-state index contributed by atoms with van der Waals surface area (Å²) < 4.78 is 29.8. The van der Waals surface area contributed by atoms with E-state index in [4.69, 9.17) is 0 Å². The van der Waals surface area contributed by atoms with E-state index in [9.17, 15) is 18.0 Å². The van der Waals surface area contributed by atoms with Gasteiger partial charge in [-0.15, -0.1) is 0 Å². The molecule has 1 saturated heterocycles. The third-order valence-electron chi connectivity index (χ3n) is 6.15. The number of anilines is 1. The second-order valence-electron chi connectivity index (χ2n) is 8.31. The fraction of sp³-hybridized carbons (Fsp3) is 0.429. The maximum Gasteiger partial charge on any atom is 0.250 e. The molecule has 152 valence electrons. The van der Waals surface area contributed by atoms with Crippen LogP contribution in [0.15, 0.2) is 52.2 Å². The van der Waals surface area contributed by atoms with E-state index in [0.717, 1.165) is 25.0 Å². The summed E-state index contributed by atoms with van der Waals surface area (Å²) in [7, 11) is -3.63. The smallest absolute Gasteiger partial charge is 0.250 e. The van der Waals surface area contributed by atoms with E-state index in [-0.39, 0.29) is 34.1 Å². The summed E-state index contributed by atoms with van der Waals surface area (Å²) in [5.41, 5.74) is 1.52. The maximum atomic E-state index is 13.2.